The lowest BCUT2D eigenvalue weighted by Gasteiger charge is -2.10. The van der Waals surface area contributed by atoms with Gasteiger partial charge in [0.25, 0.3) is 5.91 Å². The fourth-order valence-corrected chi connectivity index (χ4v) is 3.13. The minimum absolute atomic E-state index is 0.0475. The molecule has 156 valence electrons. The average molecular weight is 414 g/mol. The summed E-state index contributed by atoms with van der Waals surface area (Å²) < 4.78 is 0. The highest BCUT2D eigenvalue weighted by molar-refractivity contribution is 6.08. The molecule has 0 atom stereocenters. The van der Waals surface area contributed by atoms with Gasteiger partial charge in [-0.3, -0.25) is 9.59 Å². The fraction of sp³-hybridized carbons (Fsp3) is 0.0800. The van der Waals surface area contributed by atoms with Gasteiger partial charge in [0.15, 0.2) is 0 Å². The van der Waals surface area contributed by atoms with E-state index in [0.29, 0.717) is 0 Å². The summed E-state index contributed by atoms with van der Waals surface area (Å²) in [6.07, 6.45) is 2.94. The van der Waals surface area contributed by atoms with Gasteiger partial charge in [0, 0.05) is 18.2 Å². The van der Waals surface area contributed by atoms with Crippen molar-refractivity contribution in [2.75, 3.05) is 11.9 Å². The van der Waals surface area contributed by atoms with E-state index in [9.17, 15) is 19.5 Å². The van der Waals surface area contributed by atoms with Crippen LogP contribution in [-0.2, 0) is 4.79 Å². The van der Waals surface area contributed by atoms with Crippen molar-refractivity contribution in [2.24, 2.45) is 0 Å². The van der Waals surface area contributed by atoms with Crippen LogP contribution in [0.15, 0.2) is 79.4 Å². The second-order valence-electron chi connectivity index (χ2n) is 6.94. The summed E-state index contributed by atoms with van der Waals surface area (Å²) in [7, 11) is 0. The highest BCUT2D eigenvalue weighted by Crippen LogP contribution is 2.22. The maximum atomic E-state index is 12.6. The molecular weight excluding hydrogens is 392 g/mol. The molecule has 0 unspecified atom stereocenters. The minimum atomic E-state index is -1.21. The number of carboxylic acids is 1. The Morgan fingerprint density at radius 1 is 0.968 bits per heavy atom. The van der Waals surface area contributed by atoms with Gasteiger partial charge >= 0.3 is 5.97 Å². The van der Waals surface area contributed by atoms with Gasteiger partial charge in [0.2, 0.25) is 5.91 Å². The molecule has 0 aliphatic heterocycles. The maximum Gasteiger partial charge on any atom is 0.337 e. The molecule has 0 aromatic heterocycles. The van der Waals surface area contributed by atoms with E-state index in [2.05, 4.69) is 17.2 Å². The van der Waals surface area contributed by atoms with Gasteiger partial charge in [-0.1, -0.05) is 42.5 Å². The summed E-state index contributed by atoms with van der Waals surface area (Å²) in [5, 5.41) is 16.8. The molecule has 0 fully saturated rings. The first-order valence-electron chi connectivity index (χ1n) is 9.64. The number of anilines is 1. The Balaban J connectivity index is 1.85. The van der Waals surface area contributed by atoms with Gasteiger partial charge < -0.3 is 15.7 Å². The number of carbonyl (C=O) groups excluding carboxylic acids is 2. The third-order valence-corrected chi connectivity index (χ3v) is 4.73. The van der Waals surface area contributed by atoms with Crippen LogP contribution in [-0.4, -0.2) is 29.4 Å². The van der Waals surface area contributed by atoms with Crippen LogP contribution < -0.4 is 10.6 Å². The Hall–Kier alpha value is -4.19. The number of hydrogen-bond donors (Lipinski definition) is 3. The van der Waals surface area contributed by atoms with Gasteiger partial charge in [0.05, 0.1) is 11.3 Å². The van der Waals surface area contributed by atoms with E-state index in [0.717, 1.165) is 21.9 Å². The van der Waals surface area contributed by atoms with Gasteiger partial charge in [0.1, 0.15) is 0 Å². The number of carbonyl (C=O) groups is 3. The Morgan fingerprint density at radius 2 is 1.68 bits per heavy atom. The number of aromatic carboxylic acids is 1. The van der Waals surface area contributed by atoms with Crippen LogP contribution in [0, 0.1) is 0 Å². The van der Waals surface area contributed by atoms with E-state index in [1.807, 2.05) is 42.5 Å². The number of rotatable bonds is 7. The standard InChI is InChI=1S/C25H22N2O4/c1-3-12-26-24(29)20-10-11-21(25(30)31)22(15-20)27-23(28)13-16(2)18-9-8-17-6-4-5-7-19(17)14-18/h3-11,13-15H,1,12H2,2H3,(H,26,29)(H,27,28)(H,30,31). The molecule has 0 aliphatic rings. The zero-order valence-electron chi connectivity index (χ0n) is 17.0. The Kier molecular flexibility index (Phi) is 6.62. The Labute approximate surface area is 179 Å². The van der Waals surface area contributed by atoms with Crippen molar-refractivity contribution in [3.05, 3.63) is 96.1 Å². The molecule has 3 aromatic carbocycles. The molecule has 31 heavy (non-hydrogen) atoms. The van der Waals surface area contributed by atoms with E-state index >= 15 is 0 Å². The molecule has 0 radical (unpaired) electrons. The molecule has 6 heteroatoms. The summed E-state index contributed by atoms with van der Waals surface area (Å²) in [5.74, 6) is -2.09. The molecular formula is C25H22N2O4. The molecule has 0 bridgehead atoms. The van der Waals surface area contributed by atoms with Crippen molar-refractivity contribution in [1.29, 1.82) is 0 Å². The molecule has 3 N–H and O–H groups in total. The van der Waals surface area contributed by atoms with Crippen LogP contribution in [0.1, 0.15) is 33.2 Å². The topological polar surface area (TPSA) is 95.5 Å². The number of hydrogen-bond acceptors (Lipinski definition) is 3. The highest BCUT2D eigenvalue weighted by Gasteiger charge is 2.15. The molecule has 2 amide bonds. The molecule has 0 spiro atoms. The molecule has 0 aliphatic carbocycles. The van der Waals surface area contributed by atoms with Gasteiger partial charge in [-0.05, 0) is 53.1 Å². The number of carboxylic acid groups (broad SMARTS) is 1. The number of nitrogens with one attached hydrogen (secondary N) is 2. The normalized spacial score (nSPS) is 11.1. The van der Waals surface area contributed by atoms with E-state index in [-0.39, 0.29) is 23.4 Å². The zero-order valence-corrected chi connectivity index (χ0v) is 17.0. The first-order valence-corrected chi connectivity index (χ1v) is 9.64. The lowest BCUT2D eigenvalue weighted by atomic mass is 10.0. The maximum absolute atomic E-state index is 12.6. The van der Waals surface area contributed by atoms with Crippen molar-refractivity contribution in [1.82, 2.24) is 5.32 Å². The molecule has 0 saturated carbocycles. The smallest absolute Gasteiger partial charge is 0.337 e. The predicted molar refractivity (Wildman–Crippen MR) is 122 cm³/mol. The molecule has 3 rings (SSSR count). The summed E-state index contributed by atoms with van der Waals surface area (Å²) in [6, 6.07) is 17.8. The quantitative estimate of drug-likeness (QED) is 0.392. The van der Waals surface area contributed by atoms with Crippen LogP contribution in [0.4, 0.5) is 5.69 Å². The lowest BCUT2D eigenvalue weighted by molar-refractivity contribution is -0.111. The SMILES string of the molecule is C=CCNC(=O)c1ccc(C(=O)O)c(NC(=O)C=C(C)c2ccc3ccccc3c2)c1. The molecule has 0 heterocycles. The van der Waals surface area contributed by atoms with Gasteiger partial charge in [-0.2, -0.15) is 0 Å². The third-order valence-electron chi connectivity index (χ3n) is 4.73. The first-order chi connectivity index (χ1) is 14.9. The van der Waals surface area contributed by atoms with Crippen LogP contribution >= 0.6 is 0 Å². The second kappa shape index (κ2) is 9.54. The van der Waals surface area contributed by atoms with E-state index in [1.54, 1.807) is 6.92 Å². The van der Waals surface area contributed by atoms with Gasteiger partial charge in [-0.25, -0.2) is 4.79 Å². The molecule has 0 saturated heterocycles. The van der Waals surface area contributed by atoms with Crippen molar-refractivity contribution < 1.29 is 19.5 Å². The fourth-order valence-electron chi connectivity index (χ4n) is 3.13. The number of fused-ring (bicyclic) bond motifs is 1. The number of benzene rings is 3. The largest absolute Gasteiger partial charge is 0.478 e. The predicted octanol–water partition coefficient (Wildman–Crippen LogP) is 4.50. The van der Waals surface area contributed by atoms with Crippen LogP contribution in [0.3, 0.4) is 0 Å². The van der Waals surface area contributed by atoms with Crippen molar-refractivity contribution in [3.8, 4) is 0 Å². The van der Waals surface area contributed by atoms with Crippen molar-refractivity contribution >= 4 is 39.8 Å². The second-order valence-corrected chi connectivity index (χ2v) is 6.94. The number of amides is 2. The van der Waals surface area contributed by atoms with Gasteiger partial charge in [-0.15, -0.1) is 6.58 Å². The third kappa shape index (κ3) is 5.25. The summed E-state index contributed by atoms with van der Waals surface area (Å²) in [4.78, 5) is 36.3. The zero-order chi connectivity index (χ0) is 22.4. The van der Waals surface area contributed by atoms with E-state index in [1.165, 1.54) is 30.4 Å². The van der Waals surface area contributed by atoms with Crippen LogP contribution in [0.5, 0.6) is 0 Å². The monoisotopic (exact) mass is 414 g/mol. The van der Waals surface area contributed by atoms with Crippen molar-refractivity contribution in [3.63, 3.8) is 0 Å². The Morgan fingerprint density at radius 3 is 2.39 bits per heavy atom. The van der Waals surface area contributed by atoms with Crippen molar-refractivity contribution in [2.45, 2.75) is 6.92 Å². The highest BCUT2D eigenvalue weighted by atomic mass is 16.4. The van der Waals surface area contributed by atoms with E-state index < -0.39 is 17.8 Å². The van der Waals surface area contributed by atoms with Crippen LogP contribution in [0.2, 0.25) is 0 Å². The average Bonchev–Trinajstić information content (AvgIpc) is 2.76. The molecule has 3 aromatic rings. The summed E-state index contributed by atoms with van der Waals surface area (Å²) >= 11 is 0. The van der Waals surface area contributed by atoms with E-state index in [4.69, 9.17) is 0 Å². The summed E-state index contributed by atoms with van der Waals surface area (Å²) in [5.41, 5.74) is 1.78. The van der Waals surface area contributed by atoms with Crippen LogP contribution in [0.25, 0.3) is 16.3 Å². The summed E-state index contributed by atoms with van der Waals surface area (Å²) in [6.45, 7) is 5.61. The minimum Gasteiger partial charge on any atom is -0.478 e. The Bertz CT molecular complexity index is 1210. The first kappa shape index (κ1) is 21.5. The molecule has 6 nitrogen and oxygen atoms in total. The lowest BCUT2D eigenvalue weighted by Crippen LogP contribution is -2.23. The number of allylic oxidation sites excluding steroid dienone is 1.